The molecule has 0 atom stereocenters. The van der Waals surface area contributed by atoms with Crippen molar-refractivity contribution in [1.29, 1.82) is 0 Å². The Bertz CT molecular complexity index is 513. The van der Waals surface area contributed by atoms with Gasteiger partial charge in [-0.3, -0.25) is 9.59 Å². The van der Waals surface area contributed by atoms with Crippen molar-refractivity contribution in [2.24, 2.45) is 0 Å². The first-order valence-electron chi connectivity index (χ1n) is 6.45. The lowest BCUT2D eigenvalue weighted by molar-refractivity contribution is -0.117. The Morgan fingerprint density at radius 1 is 1.25 bits per heavy atom. The minimum absolute atomic E-state index is 0.0240. The number of carbonyl (C=O) groups is 2. The van der Waals surface area contributed by atoms with Gasteiger partial charge in [0.05, 0.1) is 0 Å². The van der Waals surface area contributed by atoms with Gasteiger partial charge in [-0.1, -0.05) is 6.07 Å². The van der Waals surface area contributed by atoms with E-state index in [0.29, 0.717) is 24.3 Å². The van der Waals surface area contributed by atoms with Gasteiger partial charge in [0.25, 0.3) is 5.91 Å². The van der Waals surface area contributed by atoms with Crippen LogP contribution in [0.3, 0.4) is 0 Å². The second kappa shape index (κ2) is 7.59. The van der Waals surface area contributed by atoms with E-state index in [9.17, 15) is 9.59 Å². The minimum atomic E-state index is -0.238. The van der Waals surface area contributed by atoms with Gasteiger partial charge in [0, 0.05) is 31.3 Å². The Balaban J connectivity index is 2.83. The molecule has 2 N–H and O–H groups in total. The van der Waals surface area contributed by atoms with E-state index in [1.54, 1.807) is 29.2 Å². The van der Waals surface area contributed by atoms with Crippen LogP contribution in [0, 0.1) is 0 Å². The van der Waals surface area contributed by atoms with Crippen LogP contribution < -0.4 is 10.6 Å². The Kier molecular flexibility index (Phi) is 6.11. The molecule has 0 bridgehead atoms. The molecule has 0 fully saturated rings. The highest BCUT2D eigenvalue weighted by molar-refractivity contribution is 7.80. The first kappa shape index (κ1) is 16.1. The lowest BCUT2D eigenvalue weighted by Gasteiger charge is -2.19. The molecule has 5 nitrogen and oxygen atoms in total. The zero-order valence-corrected chi connectivity index (χ0v) is 12.7. The maximum atomic E-state index is 12.2. The number of amides is 2. The molecule has 1 aromatic rings. The molecule has 1 rings (SSSR count). The molecule has 0 aliphatic carbocycles. The van der Waals surface area contributed by atoms with Gasteiger partial charge in [0.2, 0.25) is 5.91 Å². The smallest absolute Gasteiger partial charge is 0.253 e. The number of nitrogens with one attached hydrogen (secondary N) is 2. The van der Waals surface area contributed by atoms with Crippen LogP contribution in [0.25, 0.3) is 0 Å². The van der Waals surface area contributed by atoms with E-state index in [1.165, 1.54) is 6.92 Å². The molecule has 0 saturated heterocycles. The summed E-state index contributed by atoms with van der Waals surface area (Å²) in [6, 6.07) is 7.03. The Morgan fingerprint density at radius 2 is 1.90 bits per heavy atom. The number of anilines is 1. The van der Waals surface area contributed by atoms with Crippen LogP contribution >= 0.6 is 12.2 Å². The third-order valence-corrected chi connectivity index (χ3v) is 2.91. The van der Waals surface area contributed by atoms with Gasteiger partial charge in [-0.15, -0.1) is 0 Å². The number of carbonyl (C=O) groups excluding carboxylic acids is 2. The summed E-state index contributed by atoms with van der Waals surface area (Å²) in [4.78, 5) is 24.8. The van der Waals surface area contributed by atoms with Crippen molar-refractivity contribution in [2.75, 3.05) is 18.4 Å². The first-order valence-corrected chi connectivity index (χ1v) is 6.86. The average Bonchev–Trinajstić information content (AvgIpc) is 2.39. The zero-order chi connectivity index (χ0) is 15.1. The highest BCUT2D eigenvalue weighted by atomic mass is 32.1. The number of rotatable bonds is 4. The quantitative estimate of drug-likeness (QED) is 0.834. The van der Waals surface area contributed by atoms with Gasteiger partial charge in [-0.25, -0.2) is 0 Å². The SMILES string of the molecule is CCN(CC)C(=O)c1cccc(NC(=S)NC(C)=O)c1. The topological polar surface area (TPSA) is 61.4 Å². The van der Waals surface area contributed by atoms with Gasteiger partial charge in [0.15, 0.2) is 5.11 Å². The van der Waals surface area contributed by atoms with E-state index in [-0.39, 0.29) is 16.9 Å². The zero-order valence-electron chi connectivity index (χ0n) is 11.9. The van der Waals surface area contributed by atoms with Gasteiger partial charge in [-0.2, -0.15) is 0 Å². The maximum absolute atomic E-state index is 12.2. The van der Waals surface area contributed by atoms with Crippen molar-refractivity contribution < 1.29 is 9.59 Å². The van der Waals surface area contributed by atoms with E-state index in [1.807, 2.05) is 13.8 Å². The Morgan fingerprint density at radius 3 is 2.45 bits per heavy atom. The van der Waals surface area contributed by atoms with Gasteiger partial charge in [-0.05, 0) is 44.3 Å². The van der Waals surface area contributed by atoms with E-state index in [4.69, 9.17) is 12.2 Å². The first-order chi connectivity index (χ1) is 9.47. The molecule has 0 aliphatic rings. The van der Waals surface area contributed by atoms with Crippen LogP contribution in [0.5, 0.6) is 0 Å². The van der Waals surface area contributed by atoms with Crippen LogP contribution in [-0.4, -0.2) is 34.9 Å². The van der Waals surface area contributed by atoms with Crippen LogP contribution in [0.2, 0.25) is 0 Å². The van der Waals surface area contributed by atoms with Gasteiger partial charge in [0.1, 0.15) is 0 Å². The molecule has 0 heterocycles. The molecule has 20 heavy (non-hydrogen) atoms. The third kappa shape index (κ3) is 4.62. The van der Waals surface area contributed by atoms with Crippen molar-refractivity contribution in [3.8, 4) is 0 Å². The third-order valence-electron chi connectivity index (χ3n) is 2.71. The van der Waals surface area contributed by atoms with Crippen LogP contribution in [-0.2, 0) is 4.79 Å². The summed E-state index contributed by atoms with van der Waals surface area (Å²) in [7, 11) is 0. The van der Waals surface area contributed by atoms with Crippen LogP contribution in [0.1, 0.15) is 31.1 Å². The summed E-state index contributed by atoms with van der Waals surface area (Å²) >= 11 is 4.98. The van der Waals surface area contributed by atoms with E-state index < -0.39 is 0 Å². The van der Waals surface area contributed by atoms with Crippen LogP contribution in [0.4, 0.5) is 5.69 Å². The normalized spacial score (nSPS) is 9.75. The summed E-state index contributed by atoms with van der Waals surface area (Å²) in [5.41, 5.74) is 1.26. The maximum Gasteiger partial charge on any atom is 0.253 e. The Labute approximate surface area is 124 Å². The summed E-state index contributed by atoms with van der Waals surface area (Å²) in [6.07, 6.45) is 0. The predicted molar refractivity (Wildman–Crippen MR) is 83.7 cm³/mol. The molecule has 2 amide bonds. The standard InChI is InChI=1S/C14H19N3O2S/c1-4-17(5-2)13(19)11-7-6-8-12(9-11)16-14(20)15-10(3)18/h6-9H,4-5H2,1-3H3,(H2,15,16,18,20). The summed E-state index contributed by atoms with van der Waals surface area (Å²) in [5, 5.41) is 5.56. The molecule has 108 valence electrons. The van der Waals surface area contributed by atoms with Crippen molar-refractivity contribution in [3.05, 3.63) is 29.8 Å². The predicted octanol–water partition coefficient (Wildman–Crippen LogP) is 2.00. The molecule has 1 aromatic carbocycles. The van der Waals surface area contributed by atoms with Crippen molar-refractivity contribution in [1.82, 2.24) is 10.2 Å². The molecule has 0 aromatic heterocycles. The largest absolute Gasteiger partial charge is 0.339 e. The number of thiocarbonyl (C=S) groups is 1. The fraction of sp³-hybridized carbons (Fsp3) is 0.357. The van der Waals surface area contributed by atoms with E-state index in [0.717, 1.165) is 0 Å². The number of hydrogen-bond donors (Lipinski definition) is 2. The average molecular weight is 293 g/mol. The second-order valence-corrected chi connectivity index (χ2v) is 4.60. The molecular weight excluding hydrogens is 274 g/mol. The van der Waals surface area contributed by atoms with Crippen molar-refractivity contribution >= 4 is 34.8 Å². The Hall–Kier alpha value is -1.95. The molecule has 0 saturated carbocycles. The number of nitrogens with zero attached hydrogens (tertiary/aromatic N) is 1. The summed E-state index contributed by atoms with van der Waals surface area (Å²) in [5.74, 6) is -0.262. The molecule has 0 unspecified atom stereocenters. The lowest BCUT2D eigenvalue weighted by Crippen LogP contribution is -2.32. The molecular formula is C14H19N3O2S. The molecule has 6 heteroatoms. The van der Waals surface area contributed by atoms with Crippen molar-refractivity contribution in [2.45, 2.75) is 20.8 Å². The number of hydrogen-bond acceptors (Lipinski definition) is 3. The van der Waals surface area contributed by atoms with Gasteiger partial charge >= 0.3 is 0 Å². The highest BCUT2D eigenvalue weighted by Gasteiger charge is 2.12. The van der Waals surface area contributed by atoms with E-state index in [2.05, 4.69) is 10.6 Å². The molecule has 0 aliphatic heterocycles. The fourth-order valence-electron chi connectivity index (χ4n) is 1.75. The minimum Gasteiger partial charge on any atom is -0.339 e. The number of benzene rings is 1. The van der Waals surface area contributed by atoms with Crippen molar-refractivity contribution in [3.63, 3.8) is 0 Å². The van der Waals surface area contributed by atoms with Gasteiger partial charge < -0.3 is 15.5 Å². The summed E-state index contributed by atoms with van der Waals surface area (Å²) < 4.78 is 0. The lowest BCUT2D eigenvalue weighted by atomic mass is 10.1. The monoisotopic (exact) mass is 293 g/mol. The van der Waals surface area contributed by atoms with E-state index >= 15 is 0 Å². The van der Waals surface area contributed by atoms with Crippen LogP contribution in [0.15, 0.2) is 24.3 Å². The molecule has 0 radical (unpaired) electrons. The second-order valence-electron chi connectivity index (χ2n) is 4.19. The molecule has 0 spiro atoms. The highest BCUT2D eigenvalue weighted by Crippen LogP contribution is 2.12. The summed E-state index contributed by atoms with van der Waals surface area (Å²) in [6.45, 7) is 6.59. The fourth-order valence-corrected chi connectivity index (χ4v) is 2.01.